The van der Waals surface area contributed by atoms with Crippen LogP contribution in [0.2, 0.25) is 0 Å². The molecule has 1 amide bonds. The third-order valence-corrected chi connectivity index (χ3v) is 5.40. The van der Waals surface area contributed by atoms with E-state index >= 15 is 0 Å². The van der Waals surface area contributed by atoms with Gasteiger partial charge in [0.05, 0.1) is 5.75 Å². The Balaban J connectivity index is 1.76. The summed E-state index contributed by atoms with van der Waals surface area (Å²) in [7, 11) is 0. The van der Waals surface area contributed by atoms with Crippen LogP contribution in [0.1, 0.15) is 5.56 Å². The molecule has 0 saturated heterocycles. The Labute approximate surface area is 124 Å². The van der Waals surface area contributed by atoms with Crippen molar-refractivity contribution in [1.82, 2.24) is 10.2 Å². The van der Waals surface area contributed by atoms with Crippen molar-refractivity contribution in [3.8, 4) is 0 Å². The third kappa shape index (κ3) is 5.22. The molecule has 0 atom stereocenters. The van der Waals surface area contributed by atoms with Gasteiger partial charge in [-0.05, 0) is 12.0 Å². The molecule has 2 N–H and O–H groups in total. The van der Waals surface area contributed by atoms with Crippen LogP contribution in [0.25, 0.3) is 0 Å². The molecule has 0 aliphatic rings. The topological polar surface area (TPSA) is 68.9 Å². The molecule has 7 heteroatoms. The van der Waals surface area contributed by atoms with Crippen LogP contribution < -0.4 is 5.73 Å². The summed E-state index contributed by atoms with van der Waals surface area (Å²) in [5, 5.41) is 8.10. The van der Waals surface area contributed by atoms with Crippen LogP contribution >= 0.6 is 34.9 Å². The molecule has 1 heterocycles. The minimum absolute atomic E-state index is 0.253. The van der Waals surface area contributed by atoms with Crippen molar-refractivity contribution in [1.29, 1.82) is 0 Å². The van der Waals surface area contributed by atoms with Gasteiger partial charge >= 0.3 is 0 Å². The molecule has 0 fully saturated rings. The second-order valence-corrected chi connectivity index (χ2v) is 7.21. The van der Waals surface area contributed by atoms with E-state index in [1.807, 2.05) is 18.2 Å². The van der Waals surface area contributed by atoms with E-state index in [9.17, 15) is 4.79 Å². The number of rotatable bonds is 7. The number of nitrogens with zero attached hydrogens (tertiary/aromatic N) is 2. The maximum Gasteiger partial charge on any atom is 0.227 e. The van der Waals surface area contributed by atoms with E-state index in [-0.39, 0.29) is 11.7 Å². The van der Waals surface area contributed by atoms with Crippen LogP contribution in [0.15, 0.2) is 39.0 Å². The predicted molar refractivity (Wildman–Crippen MR) is 80.7 cm³/mol. The standard InChI is InChI=1S/C12H13N3OS3/c13-10(16)8-18-12-15-14-11(19-12)17-7-6-9-4-2-1-3-5-9/h1-5H,6-8H2,(H2,13,16). The molecular formula is C12H13N3OS3. The monoisotopic (exact) mass is 311 g/mol. The highest BCUT2D eigenvalue weighted by Crippen LogP contribution is 2.28. The molecule has 2 rings (SSSR count). The van der Waals surface area contributed by atoms with Crippen LogP contribution in [-0.4, -0.2) is 27.6 Å². The van der Waals surface area contributed by atoms with Gasteiger partial charge in [0.15, 0.2) is 8.68 Å². The molecule has 4 nitrogen and oxygen atoms in total. The number of aryl methyl sites for hydroxylation is 1. The summed E-state index contributed by atoms with van der Waals surface area (Å²) in [6, 6.07) is 10.3. The fraction of sp³-hybridized carbons (Fsp3) is 0.250. The first kappa shape index (κ1) is 14.4. The number of carbonyl (C=O) groups excluding carboxylic acids is 1. The first-order valence-electron chi connectivity index (χ1n) is 5.65. The maximum absolute atomic E-state index is 10.7. The van der Waals surface area contributed by atoms with E-state index in [2.05, 4.69) is 22.3 Å². The van der Waals surface area contributed by atoms with E-state index in [1.165, 1.54) is 28.7 Å². The van der Waals surface area contributed by atoms with Crippen molar-refractivity contribution in [2.24, 2.45) is 5.73 Å². The number of hydrogen-bond donors (Lipinski definition) is 1. The lowest BCUT2D eigenvalue weighted by Gasteiger charge is -1.98. The number of amides is 1. The molecular weight excluding hydrogens is 298 g/mol. The van der Waals surface area contributed by atoms with E-state index in [0.29, 0.717) is 0 Å². The maximum atomic E-state index is 10.7. The van der Waals surface area contributed by atoms with E-state index in [1.54, 1.807) is 11.8 Å². The average Bonchev–Trinajstić information content (AvgIpc) is 2.86. The van der Waals surface area contributed by atoms with Crippen LogP contribution in [0, 0.1) is 0 Å². The summed E-state index contributed by atoms with van der Waals surface area (Å²) in [6.45, 7) is 0. The van der Waals surface area contributed by atoms with Gasteiger partial charge in [0.1, 0.15) is 0 Å². The number of aromatic nitrogens is 2. The minimum Gasteiger partial charge on any atom is -0.369 e. The fourth-order valence-electron chi connectivity index (χ4n) is 1.35. The second kappa shape index (κ2) is 7.52. The average molecular weight is 311 g/mol. The number of primary amides is 1. The summed E-state index contributed by atoms with van der Waals surface area (Å²) < 4.78 is 1.73. The molecule has 0 aliphatic carbocycles. The normalized spacial score (nSPS) is 10.5. The third-order valence-electron chi connectivity index (χ3n) is 2.18. The SMILES string of the molecule is NC(=O)CSc1nnc(SCCc2ccccc2)s1. The Morgan fingerprint density at radius 2 is 1.84 bits per heavy atom. The van der Waals surface area contributed by atoms with Crippen molar-refractivity contribution >= 4 is 40.8 Å². The van der Waals surface area contributed by atoms with Crippen molar-refractivity contribution in [2.45, 2.75) is 15.1 Å². The molecule has 0 spiro atoms. The first-order chi connectivity index (χ1) is 9.24. The number of thioether (sulfide) groups is 2. The Kier molecular flexibility index (Phi) is 5.68. The predicted octanol–water partition coefficient (Wildman–Crippen LogP) is 2.45. The molecule has 0 radical (unpaired) electrons. The lowest BCUT2D eigenvalue weighted by atomic mass is 10.2. The van der Waals surface area contributed by atoms with Gasteiger partial charge in [0.25, 0.3) is 0 Å². The van der Waals surface area contributed by atoms with Crippen molar-refractivity contribution in [2.75, 3.05) is 11.5 Å². The van der Waals surface area contributed by atoms with Crippen LogP contribution in [0.3, 0.4) is 0 Å². The summed E-state index contributed by atoms with van der Waals surface area (Å²) in [5.74, 6) is 0.890. The largest absolute Gasteiger partial charge is 0.369 e. The molecule has 0 unspecified atom stereocenters. The Bertz CT molecular complexity index is 530. The smallest absolute Gasteiger partial charge is 0.227 e. The highest BCUT2D eigenvalue weighted by molar-refractivity contribution is 8.03. The second-order valence-electron chi connectivity index (χ2n) is 3.67. The Morgan fingerprint density at radius 3 is 2.53 bits per heavy atom. The molecule has 0 saturated carbocycles. The lowest BCUT2D eigenvalue weighted by Crippen LogP contribution is -2.12. The van der Waals surface area contributed by atoms with Crippen LogP contribution in [0.4, 0.5) is 0 Å². The van der Waals surface area contributed by atoms with Crippen LogP contribution in [0.5, 0.6) is 0 Å². The molecule has 2 aromatic rings. The van der Waals surface area contributed by atoms with Gasteiger partial charge in [-0.2, -0.15) is 0 Å². The van der Waals surface area contributed by atoms with Gasteiger partial charge in [0, 0.05) is 5.75 Å². The molecule has 1 aromatic heterocycles. The van der Waals surface area contributed by atoms with Gasteiger partial charge in [-0.1, -0.05) is 65.2 Å². The van der Waals surface area contributed by atoms with Crippen molar-refractivity contribution in [3.05, 3.63) is 35.9 Å². The number of carbonyl (C=O) groups is 1. The Hall–Kier alpha value is -1.05. The first-order valence-corrected chi connectivity index (χ1v) is 8.44. The summed E-state index contributed by atoms with van der Waals surface area (Å²) >= 11 is 4.53. The van der Waals surface area contributed by atoms with Crippen LogP contribution in [-0.2, 0) is 11.2 Å². The van der Waals surface area contributed by atoms with E-state index < -0.39 is 0 Å². The lowest BCUT2D eigenvalue weighted by molar-refractivity contribution is -0.115. The summed E-state index contributed by atoms with van der Waals surface area (Å²) in [6.07, 6.45) is 1.01. The number of nitrogens with two attached hydrogens (primary N) is 1. The highest BCUT2D eigenvalue weighted by atomic mass is 32.2. The zero-order valence-electron chi connectivity index (χ0n) is 10.1. The minimum atomic E-state index is -0.335. The van der Waals surface area contributed by atoms with Gasteiger partial charge in [0.2, 0.25) is 5.91 Å². The van der Waals surface area contributed by atoms with Gasteiger partial charge < -0.3 is 5.73 Å². The Morgan fingerprint density at radius 1 is 1.16 bits per heavy atom. The molecule has 1 aromatic carbocycles. The zero-order chi connectivity index (χ0) is 13.5. The molecule has 0 bridgehead atoms. The van der Waals surface area contributed by atoms with E-state index in [4.69, 9.17) is 5.73 Å². The number of hydrogen-bond acceptors (Lipinski definition) is 6. The van der Waals surface area contributed by atoms with Gasteiger partial charge in [-0.15, -0.1) is 10.2 Å². The molecule has 100 valence electrons. The van der Waals surface area contributed by atoms with Gasteiger partial charge in [-0.25, -0.2) is 0 Å². The quantitative estimate of drug-likeness (QED) is 0.795. The fourth-order valence-corrected chi connectivity index (χ4v) is 4.17. The van der Waals surface area contributed by atoms with Gasteiger partial charge in [-0.3, -0.25) is 4.79 Å². The highest BCUT2D eigenvalue weighted by Gasteiger charge is 2.06. The van der Waals surface area contributed by atoms with Crippen molar-refractivity contribution < 1.29 is 4.79 Å². The molecule has 19 heavy (non-hydrogen) atoms. The zero-order valence-corrected chi connectivity index (χ0v) is 12.6. The summed E-state index contributed by atoms with van der Waals surface area (Å²) in [5.41, 5.74) is 6.41. The number of benzene rings is 1. The summed E-state index contributed by atoms with van der Waals surface area (Å²) in [4.78, 5) is 10.7. The van der Waals surface area contributed by atoms with E-state index in [0.717, 1.165) is 20.9 Å². The van der Waals surface area contributed by atoms with Crippen molar-refractivity contribution in [3.63, 3.8) is 0 Å². The molecule has 0 aliphatic heterocycles.